The van der Waals surface area contributed by atoms with Crippen molar-refractivity contribution in [2.45, 2.75) is 13.0 Å². The zero-order valence-corrected chi connectivity index (χ0v) is 19.4. The third-order valence-corrected chi connectivity index (χ3v) is 4.99. The first kappa shape index (κ1) is 23.4. The Hall–Kier alpha value is -1.84. The topological polar surface area (TPSA) is 66.1 Å². The molecule has 0 aliphatic carbocycles. The first-order valence-corrected chi connectivity index (χ1v) is 9.92. The Labute approximate surface area is 191 Å². The van der Waals surface area contributed by atoms with Crippen LogP contribution >= 0.6 is 24.0 Å². The van der Waals surface area contributed by atoms with Gasteiger partial charge in [-0.3, -0.25) is 9.89 Å². The number of nitrogens with two attached hydrogens (primary N) is 1. The van der Waals surface area contributed by atoms with Gasteiger partial charge >= 0.3 is 0 Å². The number of piperazine rings is 1. The highest BCUT2D eigenvalue weighted by Gasteiger charge is 2.16. The monoisotopic (exact) mass is 509 g/mol. The highest BCUT2D eigenvalue weighted by Crippen LogP contribution is 2.16. The average Bonchev–Trinajstić information content (AvgIpc) is 2.74. The Kier molecular flexibility index (Phi) is 10.2. The largest absolute Gasteiger partial charge is 0.380 e. The van der Waals surface area contributed by atoms with Gasteiger partial charge < -0.3 is 20.7 Å². The summed E-state index contributed by atoms with van der Waals surface area (Å²) in [4.78, 5) is 9.43. The normalized spacial score (nSPS) is 15.1. The minimum atomic E-state index is 0. The van der Waals surface area contributed by atoms with Gasteiger partial charge in [0.25, 0.3) is 0 Å². The van der Waals surface area contributed by atoms with E-state index in [1.54, 1.807) is 7.11 Å². The van der Waals surface area contributed by atoms with E-state index in [9.17, 15) is 0 Å². The van der Waals surface area contributed by atoms with Gasteiger partial charge in [-0.05, 0) is 24.6 Å². The van der Waals surface area contributed by atoms with Gasteiger partial charge in [0.2, 0.25) is 0 Å². The fraction of sp³-hybridized carbons (Fsp3) is 0.409. The molecule has 1 aliphatic heterocycles. The first-order chi connectivity index (χ1) is 13.8. The van der Waals surface area contributed by atoms with Crippen molar-refractivity contribution < 1.29 is 4.74 Å². The second-order valence-electron chi connectivity index (χ2n) is 7.00. The summed E-state index contributed by atoms with van der Waals surface area (Å²) in [6.07, 6.45) is 1.01. The fourth-order valence-electron chi connectivity index (χ4n) is 3.46. The van der Waals surface area contributed by atoms with Crippen LogP contribution < -0.4 is 16.0 Å². The minimum absolute atomic E-state index is 0. The van der Waals surface area contributed by atoms with Crippen LogP contribution in [0, 0.1) is 0 Å². The third kappa shape index (κ3) is 7.49. The summed E-state index contributed by atoms with van der Waals surface area (Å²) in [5.41, 5.74) is 9.39. The quantitative estimate of drug-likeness (QED) is 0.247. The molecule has 6 nitrogen and oxygen atoms in total. The summed E-state index contributed by atoms with van der Waals surface area (Å²) >= 11 is 0. The van der Waals surface area contributed by atoms with Crippen LogP contribution in [-0.4, -0.2) is 57.2 Å². The Morgan fingerprint density at radius 1 is 1.03 bits per heavy atom. The van der Waals surface area contributed by atoms with Gasteiger partial charge in [0.1, 0.15) is 0 Å². The van der Waals surface area contributed by atoms with Crippen LogP contribution in [0.1, 0.15) is 12.0 Å². The summed E-state index contributed by atoms with van der Waals surface area (Å²) in [6, 6.07) is 18.6. The van der Waals surface area contributed by atoms with Crippen LogP contribution in [0.25, 0.3) is 0 Å². The van der Waals surface area contributed by atoms with Gasteiger partial charge in [0, 0.05) is 63.3 Å². The summed E-state index contributed by atoms with van der Waals surface area (Å²) in [6.45, 7) is 6.67. The maximum absolute atomic E-state index is 6.05. The molecule has 0 unspecified atom stereocenters. The fourth-order valence-corrected chi connectivity index (χ4v) is 3.46. The molecule has 158 valence electrons. The predicted molar refractivity (Wildman–Crippen MR) is 132 cm³/mol. The van der Waals surface area contributed by atoms with E-state index in [0.717, 1.165) is 56.9 Å². The lowest BCUT2D eigenvalue weighted by molar-refractivity contribution is 0.185. The number of nitrogens with one attached hydrogen (secondary N) is 1. The first-order valence-electron chi connectivity index (χ1n) is 9.92. The third-order valence-electron chi connectivity index (χ3n) is 4.99. The van der Waals surface area contributed by atoms with E-state index in [1.807, 2.05) is 24.3 Å². The van der Waals surface area contributed by atoms with E-state index in [0.29, 0.717) is 12.6 Å². The molecule has 0 amide bonds. The number of halogens is 1. The highest BCUT2D eigenvalue weighted by atomic mass is 127. The predicted octanol–water partition coefficient (Wildman–Crippen LogP) is 3.39. The van der Waals surface area contributed by atoms with E-state index >= 15 is 0 Å². The molecule has 0 spiro atoms. The molecule has 0 atom stereocenters. The van der Waals surface area contributed by atoms with Crippen LogP contribution in [-0.2, 0) is 11.3 Å². The number of hydrogen-bond acceptors (Lipinski definition) is 4. The minimum Gasteiger partial charge on any atom is -0.380 e. The van der Waals surface area contributed by atoms with E-state index < -0.39 is 0 Å². The number of rotatable bonds is 8. The molecule has 1 saturated heterocycles. The maximum atomic E-state index is 6.05. The lowest BCUT2D eigenvalue weighted by atomic mass is 10.2. The standard InChI is InChI=1S/C22H31N5O.HI/c1-28-18-19-8-5-6-11-21(19)25-22(23)24-12-7-13-26-14-16-27(17-15-26)20-9-3-2-4-10-20;/h2-6,8-11H,7,12-18H2,1H3,(H3,23,24,25);1H. The number of anilines is 2. The van der Waals surface area contributed by atoms with Gasteiger partial charge in [-0.25, -0.2) is 0 Å². The molecule has 2 aromatic rings. The number of methoxy groups -OCH3 is 1. The molecule has 0 saturated carbocycles. The van der Waals surface area contributed by atoms with E-state index in [-0.39, 0.29) is 24.0 Å². The van der Waals surface area contributed by atoms with Crippen LogP contribution in [0.5, 0.6) is 0 Å². The molecule has 0 bridgehead atoms. The summed E-state index contributed by atoms with van der Waals surface area (Å²) < 4.78 is 5.22. The van der Waals surface area contributed by atoms with Crippen LogP contribution in [0.3, 0.4) is 0 Å². The molecular formula is C22H32IN5O. The molecule has 1 aliphatic rings. The Bertz CT molecular complexity index is 748. The van der Waals surface area contributed by atoms with Gasteiger partial charge in [0.15, 0.2) is 5.96 Å². The number of para-hydroxylation sites is 2. The van der Waals surface area contributed by atoms with Crippen LogP contribution in [0.15, 0.2) is 59.6 Å². The van der Waals surface area contributed by atoms with Gasteiger partial charge in [-0.15, -0.1) is 24.0 Å². The number of nitrogens with zero attached hydrogens (tertiary/aromatic N) is 3. The molecule has 0 aromatic heterocycles. The van der Waals surface area contributed by atoms with Crippen molar-refractivity contribution in [3.05, 3.63) is 60.2 Å². The van der Waals surface area contributed by atoms with Crippen molar-refractivity contribution in [2.75, 3.05) is 56.6 Å². The summed E-state index contributed by atoms with van der Waals surface area (Å²) in [7, 11) is 1.69. The smallest absolute Gasteiger partial charge is 0.193 e. The van der Waals surface area contributed by atoms with Gasteiger partial charge in [-0.2, -0.15) is 0 Å². The molecule has 29 heavy (non-hydrogen) atoms. The molecule has 7 heteroatoms. The Morgan fingerprint density at radius 3 is 2.45 bits per heavy atom. The molecule has 1 heterocycles. The Morgan fingerprint density at radius 2 is 1.72 bits per heavy atom. The van der Waals surface area contributed by atoms with E-state index in [4.69, 9.17) is 10.5 Å². The molecule has 1 fully saturated rings. The Balaban J connectivity index is 0.00000300. The molecule has 0 radical (unpaired) electrons. The van der Waals surface area contributed by atoms with Crippen molar-refractivity contribution in [2.24, 2.45) is 10.7 Å². The second-order valence-corrected chi connectivity index (χ2v) is 7.00. The maximum Gasteiger partial charge on any atom is 0.193 e. The lowest BCUT2D eigenvalue weighted by Gasteiger charge is -2.36. The second kappa shape index (κ2) is 12.7. The molecule has 2 aromatic carbocycles. The zero-order valence-electron chi connectivity index (χ0n) is 17.1. The molecule has 3 N–H and O–H groups in total. The van der Waals surface area contributed by atoms with Gasteiger partial charge in [-0.1, -0.05) is 36.4 Å². The summed E-state index contributed by atoms with van der Waals surface area (Å²) in [5.74, 6) is 0.456. The summed E-state index contributed by atoms with van der Waals surface area (Å²) in [5, 5.41) is 3.19. The molecular weight excluding hydrogens is 477 g/mol. The number of ether oxygens (including phenoxy) is 1. The number of hydrogen-bond donors (Lipinski definition) is 2. The van der Waals surface area contributed by atoms with Crippen molar-refractivity contribution in [1.82, 2.24) is 4.90 Å². The van der Waals surface area contributed by atoms with Crippen LogP contribution in [0.2, 0.25) is 0 Å². The number of aliphatic imine (C=N–C) groups is 1. The van der Waals surface area contributed by atoms with Crippen LogP contribution in [0.4, 0.5) is 11.4 Å². The SMILES string of the molecule is COCc1ccccc1NC(N)=NCCCN1CCN(c2ccccc2)CC1.I. The highest BCUT2D eigenvalue weighted by molar-refractivity contribution is 14.0. The van der Waals surface area contributed by atoms with Crippen molar-refractivity contribution in [3.8, 4) is 0 Å². The lowest BCUT2D eigenvalue weighted by Crippen LogP contribution is -2.46. The van der Waals surface area contributed by atoms with Gasteiger partial charge in [0.05, 0.1) is 6.61 Å². The van der Waals surface area contributed by atoms with Crippen molar-refractivity contribution in [1.29, 1.82) is 0 Å². The van der Waals surface area contributed by atoms with Crippen molar-refractivity contribution >= 4 is 41.3 Å². The average molecular weight is 509 g/mol. The van der Waals surface area contributed by atoms with E-state index in [1.165, 1.54) is 5.69 Å². The molecule has 3 rings (SSSR count). The zero-order chi connectivity index (χ0) is 19.6. The number of guanidine groups is 1. The van der Waals surface area contributed by atoms with E-state index in [2.05, 4.69) is 50.4 Å². The van der Waals surface area contributed by atoms with Crippen molar-refractivity contribution in [3.63, 3.8) is 0 Å². The number of benzene rings is 2.